The van der Waals surface area contributed by atoms with Crippen LogP contribution in [0.2, 0.25) is 0 Å². The Morgan fingerprint density at radius 3 is 1.98 bits per heavy atom. The van der Waals surface area contributed by atoms with Gasteiger partial charge in [0.2, 0.25) is 5.60 Å². The average Bonchev–Trinajstić information content (AvgIpc) is 3.56. The lowest BCUT2D eigenvalue weighted by Crippen LogP contribution is -2.60. The zero-order valence-corrected chi connectivity index (χ0v) is 27.0. The first-order chi connectivity index (χ1) is 20.6. The molecule has 1 spiro atoms. The van der Waals surface area contributed by atoms with E-state index >= 15 is 0 Å². The van der Waals surface area contributed by atoms with Crippen LogP contribution in [0, 0.1) is 0 Å². The molecular weight excluding hydrogens is 538 g/mol. The van der Waals surface area contributed by atoms with E-state index in [0.29, 0.717) is 12.1 Å². The quantitative estimate of drug-likeness (QED) is 0.0843. The van der Waals surface area contributed by atoms with E-state index in [2.05, 4.69) is 38.1 Å². The van der Waals surface area contributed by atoms with Crippen LogP contribution in [0.4, 0.5) is 0 Å². The van der Waals surface area contributed by atoms with Crippen LogP contribution in [-0.4, -0.2) is 52.9 Å². The van der Waals surface area contributed by atoms with E-state index < -0.39 is 5.60 Å². The fourth-order valence-electron chi connectivity index (χ4n) is 8.15. The predicted molar refractivity (Wildman–Crippen MR) is 174 cm³/mol. The molecule has 3 saturated heterocycles. The molecule has 0 saturated carbocycles. The molecule has 0 aromatic heterocycles. The number of esters is 1. The number of thioether (sulfide) groups is 1. The monoisotopic (exact) mass is 592 g/mol. The molecule has 3 unspecified atom stereocenters. The summed E-state index contributed by atoms with van der Waals surface area (Å²) < 4.78 is 15.2. The van der Waals surface area contributed by atoms with Gasteiger partial charge in [0.05, 0.1) is 25.2 Å². The Hall–Kier alpha value is -1.82. The van der Waals surface area contributed by atoms with E-state index in [1.165, 1.54) is 81.8 Å². The van der Waals surface area contributed by atoms with E-state index in [1.807, 2.05) is 48.2 Å². The normalized spacial score (nSPS) is 23.7. The summed E-state index contributed by atoms with van der Waals surface area (Å²) in [5.41, 5.74) is 0.379. The van der Waals surface area contributed by atoms with Crippen molar-refractivity contribution in [1.82, 2.24) is 0 Å². The van der Waals surface area contributed by atoms with Gasteiger partial charge in [-0.15, -0.1) is 11.8 Å². The van der Waals surface area contributed by atoms with Crippen LogP contribution in [0.3, 0.4) is 0 Å². The third-order valence-electron chi connectivity index (χ3n) is 10.3. The second kappa shape index (κ2) is 15.3. The molecule has 230 valence electrons. The van der Waals surface area contributed by atoms with Crippen LogP contribution in [0.15, 0.2) is 60.7 Å². The maximum absolute atomic E-state index is 14.8. The topological polar surface area (TPSA) is 35.5 Å². The molecule has 3 heterocycles. The van der Waals surface area contributed by atoms with Gasteiger partial charge in [0, 0.05) is 38.5 Å². The molecule has 0 aliphatic carbocycles. The number of carbonyl (C=O) groups is 1. The Morgan fingerprint density at radius 1 is 0.833 bits per heavy atom. The molecule has 5 heteroatoms. The summed E-state index contributed by atoms with van der Waals surface area (Å²) in [6, 6.07) is 21.6. The number of rotatable bonds is 16. The first-order valence-corrected chi connectivity index (χ1v) is 18.1. The van der Waals surface area contributed by atoms with Crippen LogP contribution in [-0.2, 0) is 19.9 Å². The van der Waals surface area contributed by atoms with Crippen molar-refractivity contribution in [3.63, 3.8) is 0 Å². The van der Waals surface area contributed by atoms with Gasteiger partial charge in [-0.05, 0) is 29.7 Å². The average molecular weight is 593 g/mol. The molecule has 0 N–H and O–H groups in total. The molecule has 4 nitrogen and oxygen atoms in total. The van der Waals surface area contributed by atoms with E-state index in [9.17, 15) is 4.79 Å². The largest absolute Gasteiger partial charge is 0.459 e. The maximum Gasteiger partial charge on any atom is 0.348 e. The molecular formula is C37H54NO3S+. The highest BCUT2D eigenvalue weighted by molar-refractivity contribution is 7.99. The summed E-state index contributed by atoms with van der Waals surface area (Å²) in [6.07, 6.45) is 16.6. The fraction of sp³-hybridized carbons (Fsp3) is 0.649. The molecule has 3 aliphatic rings. The van der Waals surface area contributed by atoms with Gasteiger partial charge in [0.1, 0.15) is 11.5 Å². The van der Waals surface area contributed by atoms with Crippen molar-refractivity contribution in [1.29, 1.82) is 0 Å². The summed E-state index contributed by atoms with van der Waals surface area (Å²) in [5.74, 6) is 0.823. The SMILES string of the molecule is CCCCCCSC(CCCCC)OC(C(=O)OC1CC2CCC(C1)[N+]21CCCC1)(c1ccccc1)c1ccccc1. The highest BCUT2D eigenvalue weighted by Crippen LogP contribution is 2.47. The van der Waals surface area contributed by atoms with Crippen LogP contribution in [0.1, 0.15) is 115 Å². The van der Waals surface area contributed by atoms with Gasteiger partial charge in [-0.3, -0.25) is 0 Å². The van der Waals surface area contributed by atoms with Crippen LogP contribution >= 0.6 is 11.8 Å². The molecule has 3 aliphatic heterocycles. The first-order valence-electron chi connectivity index (χ1n) is 17.1. The van der Waals surface area contributed by atoms with Gasteiger partial charge in [-0.25, -0.2) is 4.79 Å². The molecule has 42 heavy (non-hydrogen) atoms. The number of ether oxygens (including phenoxy) is 2. The molecule has 2 aromatic rings. The van der Waals surface area contributed by atoms with Crippen molar-refractivity contribution in [2.75, 3.05) is 18.8 Å². The molecule has 0 radical (unpaired) electrons. The fourth-order valence-corrected chi connectivity index (χ4v) is 9.33. The van der Waals surface area contributed by atoms with Crippen molar-refractivity contribution in [3.8, 4) is 0 Å². The van der Waals surface area contributed by atoms with Gasteiger partial charge in [0.25, 0.3) is 0 Å². The number of nitrogens with zero attached hydrogens (tertiary/aromatic N) is 1. The molecule has 2 aromatic carbocycles. The summed E-state index contributed by atoms with van der Waals surface area (Å²) in [5, 5.41) is 0. The van der Waals surface area contributed by atoms with Gasteiger partial charge < -0.3 is 14.0 Å². The van der Waals surface area contributed by atoms with Gasteiger partial charge in [-0.2, -0.15) is 0 Å². The summed E-state index contributed by atoms with van der Waals surface area (Å²) in [6.45, 7) is 7.15. The summed E-state index contributed by atoms with van der Waals surface area (Å²) in [4.78, 5) is 14.8. The van der Waals surface area contributed by atoms with E-state index in [-0.39, 0.29) is 17.5 Å². The minimum atomic E-state index is -1.29. The number of carbonyl (C=O) groups excluding carboxylic acids is 1. The van der Waals surface area contributed by atoms with Gasteiger partial charge >= 0.3 is 5.97 Å². The summed E-state index contributed by atoms with van der Waals surface area (Å²) >= 11 is 1.89. The lowest BCUT2D eigenvalue weighted by Gasteiger charge is -2.47. The molecule has 0 amide bonds. The van der Waals surface area contributed by atoms with Crippen LogP contribution in [0.25, 0.3) is 0 Å². The van der Waals surface area contributed by atoms with Gasteiger partial charge in [-0.1, -0.05) is 113 Å². The van der Waals surface area contributed by atoms with Crippen LogP contribution in [0.5, 0.6) is 0 Å². The minimum absolute atomic E-state index is 0.0324. The Bertz CT molecular complexity index is 1030. The smallest absolute Gasteiger partial charge is 0.348 e. The Balaban J connectivity index is 1.43. The predicted octanol–water partition coefficient (Wildman–Crippen LogP) is 9.01. The third kappa shape index (κ3) is 6.94. The Kier molecular flexibility index (Phi) is 11.5. The first kappa shape index (κ1) is 31.6. The lowest BCUT2D eigenvalue weighted by molar-refractivity contribution is -0.956. The van der Waals surface area contributed by atoms with Crippen molar-refractivity contribution < 1.29 is 18.8 Å². The number of hydrogen-bond donors (Lipinski definition) is 0. The lowest BCUT2D eigenvalue weighted by atomic mass is 9.85. The zero-order chi connectivity index (χ0) is 29.3. The number of unbranched alkanes of at least 4 members (excludes halogenated alkanes) is 5. The van der Waals surface area contributed by atoms with Crippen molar-refractivity contribution >= 4 is 17.7 Å². The molecule has 3 fully saturated rings. The van der Waals surface area contributed by atoms with Crippen LogP contribution < -0.4 is 0 Å². The third-order valence-corrected chi connectivity index (χ3v) is 11.6. The highest BCUT2D eigenvalue weighted by Gasteiger charge is 2.57. The second-order valence-corrected chi connectivity index (χ2v) is 14.3. The number of quaternary nitrogens is 1. The second-order valence-electron chi connectivity index (χ2n) is 13.0. The maximum atomic E-state index is 14.8. The standard InChI is InChI=1S/C37H54NO3S/c1-3-5-7-17-27-42-35(22-10-6-4-2)41-37(30-18-11-8-12-19-30,31-20-13-9-14-21-31)36(39)40-34-28-32-23-24-33(29-34)38(32)25-15-16-26-38/h8-9,11-14,18-21,32-35H,3-7,10,15-17,22-29H2,1-2H3/q+1. The zero-order valence-electron chi connectivity index (χ0n) is 26.2. The van der Waals surface area contributed by atoms with E-state index in [1.54, 1.807) is 0 Å². The highest BCUT2D eigenvalue weighted by atomic mass is 32.2. The van der Waals surface area contributed by atoms with Crippen molar-refractivity contribution in [2.45, 2.75) is 133 Å². The number of hydrogen-bond acceptors (Lipinski definition) is 4. The Labute approximate surface area is 259 Å². The van der Waals surface area contributed by atoms with Crippen molar-refractivity contribution in [3.05, 3.63) is 71.8 Å². The van der Waals surface area contributed by atoms with Crippen molar-refractivity contribution in [2.24, 2.45) is 0 Å². The number of benzene rings is 2. The number of piperidine rings is 1. The van der Waals surface area contributed by atoms with E-state index in [4.69, 9.17) is 9.47 Å². The molecule has 5 rings (SSSR count). The molecule has 2 bridgehead atoms. The van der Waals surface area contributed by atoms with Gasteiger partial charge in [0.15, 0.2) is 0 Å². The minimum Gasteiger partial charge on any atom is -0.459 e. The van der Waals surface area contributed by atoms with E-state index in [0.717, 1.165) is 42.6 Å². The summed E-state index contributed by atoms with van der Waals surface area (Å²) in [7, 11) is 0. The molecule has 3 atom stereocenters. The Morgan fingerprint density at radius 2 is 1.40 bits per heavy atom.